The van der Waals surface area contributed by atoms with Crippen LogP contribution in [0, 0.1) is 5.41 Å². The highest BCUT2D eigenvalue weighted by Gasteiger charge is 2.33. The third kappa shape index (κ3) is 2.25. The van der Waals surface area contributed by atoms with Gasteiger partial charge in [0.05, 0.1) is 0 Å². The Bertz CT molecular complexity index is 411. The second-order valence-corrected chi connectivity index (χ2v) is 6.48. The van der Waals surface area contributed by atoms with Gasteiger partial charge in [-0.15, -0.1) is 11.8 Å². The van der Waals surface area contributed by atoms with Crippen molar-refractivity contribution in [3.8, 4) is 0 Å². The molecule has 2 nitrogen and oxygen atoms in total. The van der Waals surface area contributed by atoms with E-state index in [1.165, 1.54) is 48.4 Å². The molecule has 3 N–H and O–H groups in total. The summed E-state index contributed by atoms with van der Waals surface area (Å²) in [6.07, 6.45) is 7.00. The standard InChI is InChI=1S/C14H20N2S/c15-11-4-5-13-12(8-11)16-9-14(10-17-13)6-2-1-3-7-14/h4-5,8,16H,1-3,6-7,9-10,15H2. The first-order chi connectivity index (χ1) is 8.27. The molecule has 1 aromatic rings. The van der Waals surface area contributed by atoms with E-state index in [9.17, 15) is 0 Å². The molecule has 1 fully saturated rings. The smallest absolute Gasteiger partial charge is 0.0499 e. The highest BCUT2D eigenvalue weighted by Crippen LogP contribution is 2.44. The molecule has 0 aromatic heterocycles. The number of nitrogens with two attached hydrogens (primary N) is 1. The molecule has 1 aromatic carbocycles. The van der Waals surface area contributed by atoms with Gasteiger partial charge in [-0.05, 0) is 36.5 Å². The van der Waals surface area contributed by atoms with E-state index in [-0.39, 0.29) is 0 Å². The Balaban J connectivity index is 1.82. The summed E-state index contributed by atoms with van der Waals surface area (Å²) in [6.45, 7) is 1.12. The summed E-state index contributed by atoms with van der Waals surface area (Å²) in [5.74, 6) is 1.26. The number of fused-ring (bicyclic) bond motifs is 1. The van der Waals surface area contributed by atoms with Crippen molar-refractivity contribution in [1.82, 2.24) is 0 Å². The topological polar surface area (TPSA) is 38.0 Å². The van der Waals surface area contributed by atoms with Gasteiger partial charge in [-0.1, -0.05) is 19.3 Å². The molecule has 17 heavy (non-hydrogen) atoms. The molecular weight excluding hydrogens is 228 g/mol. The minimum absolute atomic E-state index is 0.525. The summed E-state index contributed by atoms with van der Waals surface area (Å²) in [5.41, 5.74) is 8.47. The molecule has 2 aliphatic rings. The summed E-state index contributed by atoms with van der Waals surface area (Å²) in [5, 5.41) is 3.63. The lowest BCUT2D eigenvalue weighted by Gasteiger charge is -2.35. The van der Waals surface area contributed by atoms with Crippen LogP contribution in [0.2, 0.25) is 0 Å². The normalized spacial score (nSPS) is 22.6. The van der Waals surface area contributed by atoms with Gasteiger partial charge in [0.1, 0.15) is 0 Å². The van der Waals surface area contributed by atoms with Gasteiger partial charge in [0.15, 0.2) is 0 Å². The number of thioether (sulfide) groups is 1. The Morgan fingerprint density at radius 1 is 1.18 bits per heavy atom. The van der Waals surface area contributed by atoms with E-state index >= 15 is 0 Å². The largest absolute Gasteiger partial charge is 0.399 e. The molecule has 0 bridgehead atoms. The van der Waals surface area contributed by atoms with Crippen molar-refractivity contribution in [3.05, 3.63) is 18.2 Å². The van der Waals surface area contributed by atoms with E-state index < -0.39 is 0 Å². The van der Waals surface area contributed by atoms with Crippen LogP contribution in [0.15, 0.2) is 23.1 Å². The fraction of sp³-hybridized carbons (Fsp3) is 0.571. The highest BCUT2D eigenvalue weighted by atomic mass is 32.2. The molecule has 1 heterocycles. The predicted octanol–water partition coefficient (Wildman–Crippen LogP) is 3.74. The molecule has 0 amide bonds. The highest BCUT2D eigenvalue weighted by molar-refractivity contribution is 7.99. The molecule has 1 aliphatic carbocycles. The first-order valence-corrected chi connectivity index (χ1v) is 7.52. The van der Waals surface area contributed by atoms with Gasteiger partial charge in [-0.2, -0.15) is 0 Å². The molecule has 92 valence electrons. The predicted molar refractivity (Wildman–Crippen MR) is 75.6 cm³/mol. The lowest BCUT2D eigenvalue weighted by molar-refractivity contribution is 0.241. The van der Waals surface area contributed by atoms with Crippen molar-refractivity contribution < 1.29 is 0 Å². The van der Waals surface area contributed by atoms with E-state index in [2.05, 4.69) is 17.4 Å². The van der Waals surface area contributed by atoms with Gasteiger partial charge in [0.2, 0.25) is 0 Å². The molecule has 0 unspecified atom stereocenters. The fourth-order valence-corrected chi connectivity index (χ4v) is 4.30. The van der Waals surface area contributed by atoms with Crippen molar-refractivity contribution >= 4 is 23.1 Å². The minimum Gasteiger partial charge on any atom is -0.399 e. The molecule has 3 rings (SSSR count). The Morgan fingerprint density at radius 3 is 2.82 bits per heavy atom. The molecule has 1 spiro atoms. The second-order valence-electron chi connectivity index (χ2n) is 5.46. The first kappa shape index (κ1) is 11.3. The number of rotatable bonds is 0. The third-order valence-corrected chi connectivity index (χ3v) is 5.53. The van der Waals surface area contributed by atoms with E-state index in [0.717, 1.165) is 12.2 Å². The number of anilines is 2. The Hall–Kier alpha value is -0.830. The number of hydrogen-bond donors (Lipinski definition) is 2. The van der Waals surface area contributed by atoms with Crippen LogP contribution in [0.3, 0.4) is 0 Å². The lowest BCUT2D eigenvalue weighted by atomic mass is 9.75. The fourth-order valence-electron chi connectivity index (χ4n) is 3.00. The summed E-state index contributed by atoms with van der Waals surface area (Å²) < 4.78 is 0. The van der Waals surface area contributed by atoms with Crippen LogP contribution in [0.25, 0.3) is 0 Å². The number of hydrogen-bond acceptors (Lipinski definition) is 3. The number of benzene rings is 1. The zero-order valence-corrected chi connectivity index (χ0v) is 11.0. The minimum atomic E-state index is 0.525. The van der Waals surface area contributed by atoms with Crippen molar-refractivity contribution in [2.24, 2.45) is 5.41 Å². The van der Waals surface area contributed by atoms with E-state index in [1.807, 2.05) is 17.8 Å². The monoisotopic (exact) mass is 248 g/mol. The molecule has 0 radical (unpaired) electrons. The maximum Gasteiger partial charge on any atom is 0.0499 e. The summed E-state index contributed by atoms with van der Waals surface area (Å²) in [4.78, 5) is 1.36. The SMILES string of the molecule is Nc1ccc2c(c1)NCC1(CCCCC1)CS2. The van der Waals surface area contributed by atoms with Crippen molar-refractivity contribution in [2.75, 3.05) is 23.3 Å². The van der Waals surface area contributed by atoms with Gasteiger partial charge in [0.25, 0.3) is 0 Å². The van der Waals surface area contributed by atoms with Gasteiger partial charge in [-0.25, -0.2) is 0 Å². The molecule has 1 aliphatic heterocycles. The molecule has 0 saturated heterocycles. The number of nitrogens with one attached hydrogen (secondary N) is 1. The van der Waals surface area contributed by atoms with E-state index in [4.69, 9.17) is 5.73 Å². The van der Waals surface area contributed by atoms with Crippen LogP contribution in [-0.4, -0.2) is 12.3 Å². The van der Waals surface area contributed by atoms with Gasteiger partial charge in [0, 0.05) is 28.6 Å². The van der Waals surface area contributed by atoms with Crippen LogP contribution in [0.1, 0.15) is 32.1 Å². The quantitative estimate of drug-likeness (QED) is 0.687. The van der Waals surface area contributed by atoms with Gasteiger partial charge >= 0.3 is 0 Å². The van der Waals surface area contributed by atoms with E-state index in [0.29, 0.717) is 5.41 Å². The summed E-state index contributed by atoms with van der Waals surface area (Å²) in [7, 11) is 0. The average molecular weight is 248 g/mol. The zero-order valence-electron chi connectivity index (χ0n) is 10.2. The molecular formula is C14H20N2S. The Labute approximate surface area is 107 Å². The average Bonchev–Trinajstić information content (AvgIpc) is 2.52. The van der Waals surface area contributed by atoms with Crippen LogP contribution in [0.5, 0.6) is 0 Å². The maximum atomic E-state index is 5.85. The Kier molecular flexibility index (Phi) is 2.95. The van der Waals surface area contributed by atoms with Crippen LogP contribution >= 0.6 is 11.8 Å². The van der Waals surface area contributed by atoms with E-state index in [1.54, 1.807) is 0 Å². The van der Waals surface area contributed by atoms with Gasteiger partial charge < -0.3 is 11.1 Å². The van der Waals surface area contributed by atoms with Crippen molar-refractivity contribution in [3.63, 3.8) is 0 Å². The molecule has 1 saturated carbocycles. The van der Waals surface area contributed by atoms with Crippen LogP contribution < -0.4 is 11.1 Å². The lowest BCUT2D eigenvalue weighted by Crippen LogP contribution is -2.33. The summed E-state index contributed by atoms with van der Waals surface area (Å²) in [6, 6.07) is 6.24. The van der Waals surface area contributed by atoms with Crippen molar-refractivity contribution in [2.45, 2.75) is 37.0 Å². The summed E-state index contributed by atoms with van der Waals surface area (Å²) >= 11 is 2.01. The molecule has 3 heteroatoms. The first-order valence-electron chi connectivity index (χ1n) is 6.54. The van der Waals surface area contributed by atoms with Crippen molar-refractivity contribution in [1.29, 1.82) is 0 Å². The van der Waals surface area contributed by atoms with Crippen LogP contribution in [0.4, 0.5) is 11.4 Å². The maximum absolute atomic E-state index is 5.85. The molecule has 0 atom stereocenters. The van der Waals surface area contributed by atoms with Gasteiger partial charge in [-0.3, -0.25) is 0 Å². The number of nitrogen functional groups attached to an aromatic ring is 1. The van der Waals surface area contributed by atoms with Crippen LogP contribution in [-0.2, 0) is 0 Å². The Morgan fingerprint density at radius 2 is 2.00 bits per heavy atom. The zero-order chi connectivity index (χ0) is 11.7. The third-order valence-electron chi connectivity index (χ3n) is 4.11. The second kappa shape index (κ2) is 4.45.